The third-order valence-electron chi connectivity index (χ3n) is 5.03. The van der Waals surface area contributed by atoms with Crippen molar-refractivity contribution in [3.05, 3.63) is 83.8 Å². The van der Waals surface area contributed by atoms with Gasteiger partial charge in [-0.2, -0.15) is 13.2 Å². The Kier molecular flexibility index (Phi) is 5.62. The molecule has 170 valence electrons. The Morgan fingerprint density at radius 1 is 1.00 bits per heavy atom. The van der Waals surface area contributed by atoms with E-state index in [1.54, 1.807) is 30.3 Å². The van der Waals surface area contributed by atoms with E-state index in [9.17, 15) is 27.5 Å². The molecule has 0 fully saturated rings. The van der Waals surface area contributed by atoms with Crippen LogP contribution in [0.3, 0.4) is 0 Å². The molecule has 0 aliphatic heterocycles. The van der Waals surface area contributed by atoms with E-state index in [1.807, 2.05) is 0 Å². The predicted octanol–water partition coefficient (Wildman–Crippen LogP) is 4.81. The number of hydrogen-bond donors (Lipinski definition) is 2. The van der Waals surface area contributed by atoms with Crippen LogP contribution in [-0.4, -0.2) is 25.5 Å². The Bertz CT molecular complexity index is 1300. The molecule has 2 N–H and O–H groups in total. The monoisotopic (exact) mass is 458 g/mol. The van der Waals surface area contributed by atoms with Crippen LogP contribution in [0.25, 0.3) is 16.9 Å². The van der Waals surface area contributed by atoms with Gasteiger partial charge in [0.2, 0.25) is 11.9 Å². The molecule has 4 aromatic rings. The first-order chi connectivity index (χ1) is 15.5. The molecule has 1 atom stereocenters. The standard InChI is InChI=1S/C23H18F4N4O2/c1-22(33,14-5-3-2-4-6-14)13-19(32)30-21-28-17-11-12-18(23(25,26)27)29-20(17)31(21)16-9-7-15(24)8-10-16/h2-12,33H,13H2,1H3,(H,28,30,32)/t22-/m0/s1. The van der Waals surface area contributed by atoms with Crippen molar-refractivity contribution in [2.45, 2.75) is 25.1 Å². The molecular formula is C23H18F4N4O2. The Labute approximate surface area is 185 Å². The minimum absolute atomic E-state index is 0.0949. The number of pyridine rings is 1. The number of anilines is 1. The van der Waals surface area contributed by atoms with Crippen LogP contribution in [0.1, 0.15) is 24.6 Å². The smallest absolute Gasteiger partial charge is 0.385 e. The number of alkyl halides is 3. The molecule has 1 amide bonds. The van der Waals surface area contributed by atoms with E-state index >= 15 is 0 Å². The summed E-state index contributed by atoms with van der Waals surface area (Å²) in [5, 5.41) is 13.3. The molecule has 0 radical (unpaired) electrons. The number of carbonyl (C=O) groups excluding carboxylic acids is 1. The summed E-state index contributed by atoms with van der Waals surface area (Å²) in [6, 6.07) is 15.4. The number of imidazole rings is 1. The van der Waals surface area contributed by atoms with E-state index < -0.39 is 29.2 Å². The van der Waals surface area contributed by atoms with Gasteiger partial charge in [-0.1, -0.05) is 30.3 Å². The number of nitrogens with one attached hydrogen (secondary N) is 1. The van der Waals surface area contributed by atoms with Gasteiger partial charge in [0, 0.05) is 0 Å². The second kappa shape index (κ2) is 8.28. The average Bonchev–Trinajstić information content (AvgIpc) is 3.10. The molecule has 0 spiro atoms. The van der Waals surface area contributed by atoms with E-state index in [2.05, 4.69) is 15.3 Å². The van der Waals surface area contributed by atoms with Gasteiger partial charge in [0.25, 0.3) is 0 Å². The van der Waals surface area contributed by atoms with E-state index in [4.69, 9.17) is 0 Å². The fourth-order valence-electron chi connectivity index (χ4n) is 3.41. The molecule has 10 heteroatoms. The molecule has 2 aromatic heterocycles. The third kappa shape index (κ3) is 4.70. The van der Waals surface area contributed by atoms with Crippen LogP contribution < -0.4 is 5.32 Å². The van der Waals surface area contributed by atoms with E-state index in [1.165, 1.54) is 23.6 Å². The highest BCUT2D eigenvalue weighted by atomic mass is 19.4. The molecule has 0 saturated carbocycles. The van der Waals surface area contributed by atoms with Gasteiger partial charge in [0.05, 0.1) is 17.7 Å². The molecule has 0 saturated heterocycles. The predicted molar refractivity (Wildman–Crippen MR) is 113 cm³/mol. The number of amides is 1. The van der Waals surface area contributed by atoms with Crippen LogP contribution >= 0.6 is 0 Å². The maximum Gasteiger partial charge on any atom is 0.433 e. The van der Waals surface area contributed by atoms with Crippen molar-refractivity contribution >= 4 is 23.0 Å². The molecule has 2 aromatic carbocycles. The van der Waals surface area contributed by atoms with E-state index in [0.717, 1.165) is 24.3 Å². The van der Waals surface area contributed by atoms with Crippen molar-refractivity contribution in [2.24, 2.45) is 0 Å². The first-order valence-corrected chi connectivity index (χ1v) is 9.85. The minimum atomic E-state index is -4.69. The average molecular weight is 458 g/mol. The van der Waals surface area contributed by atoms with Crippen molar-refractivity contribution in [2.75, 3.05) is 5.32 Å². The zero-order chi connectivity index (χ0) is 23.8. The summed E-state index contributed by atoms with van der Waals surface area (Å²) in [5.74, 6) is -1.28. The van der Waals surface area contributed by atoms with Crippen molar-refractivity contribution in [1.29, 1.82) is 0 Å². The van der Waals surface area contributed by atoms with Crippen molar-refractivity contribution in [1.82, 2.24) is 14.5 Å². The molecule has 6 nitrogen and oxygen atoms in total. The summed E-state index contributed by atoms with van der Waals surface area (Å²) in [6.45, 7) is 1.47. The quantitative estimate of drug-likeness (QED) is 0.421. The Hall–Kier alpha value is -3.79. The number of aromatic nitrogens is 3. The summed E-state index contributed by atoms with van der Waals surface area (Å²) >= 11 is 0. The molecule has 0 unspecified atom stereocenters. The first-order valence-electron chi connectivity index (χ1n) is 9.85. The Morgan fingerprint density at radius 2 is 1.67 bits per heavy atom. The second-order valence-corrected chi connectivity index (χ2v) is 7.65. The highest BCUT2D eigenvalue weighted by molar-refractivity contribution is 5.92. The molecule has 0 aliphatic carbocycles. The van der Waals surface area contributed by atoms with Gasteiger partial charge in [-0.05, 0) is 48.9 Å². The summed E-state index contributed by atoms with van der Waals surface area (Å²) in [4.78, 5) is 20.6. The van der Waals surface area contributed by atoms with Crippen molar-refractivity contribution in [3.63, 3.8) is 0 Å². The largest absolute Gasteiger partial charge is 0.433 e. The van der Waals surface area contributed by atoms with Crippen LogP contribution in [-0.2, 0) is 16.6 Å². The number of hydrogen-bond acceptors (Lipinski definition) is 4. The van der Waals surface area contributed by atoms with Crippen LogP contribution in [0.15, 0.2) is 66.7 Å². The minimum Gasteiger partial charge on any atom is -0.385 e. The fourth-order valence-corrected chi connectivity index (χ4v) is 3.41. The lowest BCUT2D eigenvalue weighted by Crippen LogP contribution is -2.29. The van der Waals surface area contributed by atoms with Gasteiger partial charge < -0.3 is 5.11 Å². The first kappa shape index (κ1) is 22.4. The molecule has 4 rings (SSSR count). The molecule has 0 bridgehead atoms. The number of rotatable bonds is 5. The maximum absolute atomic E-state index is 13.4. The highest BCUT2D eigenvalue weighted by Gasteiger charge is 2.33. The van der Waals surface area contributed by atoms with Crippen LogP contribution in [0.2, 0.25) is 0 Å². The number of nitrogens with zero attached hydrogens (tertiary/aromatic N) is 3. The molecular weight excluding hydrogens is 440 g/mol. The Morgan fingerprint density at radius 3 is 2.30 bits per heavy atom. The van der Waals surface area contributed by atoms with Crippen LogP contribution in [0.5, 0.6) is 0 Å². The highest BCUT2D eigenvalue weighted by Crippen LogP contribution is 2.31. The molecule has 0 aliphatic rings. The van der Waals surface area contributed by atoms with Crippen molar-refractivity contribution in [3.8, 4) is 5.69 Å². The third-order valence-corrected chi connectivity index (χ3v) is 5.03. The summed E-state index contributed by atoms with van der Waals surface area (Å²) in [6.07, 6.45) is -5.03. The number of benzene rings is 2. The summed E-state index contributed by atoms with van der Waals surface area (Å²) in [7, 11) is 0. The lowest BCUT2D eigenvalue weighted by Gasteiger charge is -2.23. The van der Waals surface area contributed by atoms with Gasteiger partial charge in [0.15, 0.2) is 5.65 Å². The van der Waals surface area contributed by atoms with E-state index in [-0.39, 0.29) is 29.2 Å². The van der Waals surface area contributed by atoms with Gasteiger partial charge >= 0.3 is 6.18 Å². The molecule has 2 heterocycles. The van der Waals surface area contributed by atoms with Gasteiger partial charge in [0.1, 0.15) is 17.0 Å². The number of aliphatic hydroxyl groups is 1. The van der Waals surface area contributed by atoms with Gasteiger partial charge in [-0.25, -0.2) is 14.4 Å². The number of carbonyl (C=O) groups is 1. The maximum atomic E-state index is 13.4. The summed E-state index contributed by atoms with van der Waals surface area (Å²) < 4.78 is 54.3. The zero-order valence-corrected chi connectivity index (χ0v) is 17.3. The number of fused-ring (bicyclic) bond motifs is 1. The van der Waals surface area contributed by atoms with Crippen LogP contribution in [0, 0.1) is 5.82 Å². The normalized spacial score (nSPS) is 13.6. The summed E-state index contributed by atoms with van der Waals surface area (Å²) in [5.41, 5.74) is -1.94. The van der Waals surface area contributed by atoms with Crippen LogP contribution in [0.4, 0.5) is 23.5 Å². The lowest BCUT2D eigenvalue weighted by atomic mass is 9.92. The van der Waals surface area contributed by atoms with Crippen molar-refractivity contribution < 1.29 is 27.5 Å². The zero-order valence-electron chi connectivity index (χ0n) is 17.3. The molecule has 33 heavy (non-hydrogen) atoms. The van der Waals surface area contributed by atoms with E-state index in [0.29, 0.717) is 5.56 Å². The second-order valence-electron chi connectivity index (χ2n) is 7.65. The number of halogens is 4. The fraction of sp³-hybridized carbons (Fsp3) is 0.174. The van der Waals surface area contributed by atoms with Gasteiger partial charge in [-0.15, -0.1) is 0 Å². The Balaban J connectivity index is 1.74. The topological polar surface area (TPSA) is 80.0 Å². The SMILES string of the molecule is C[C@](O)(CC(=O)Nc1nc2ccc(C(F)(F)F)nc2n1-c1ccc(F)cc1)c1ccccc1. The van der Waals surface area contributed by atoms with Gasteiger partial charge in [-0.3, -0.25) is 14.7 Å². The lowest BCUT2D eigenvalue weighted by molar-refractivity contribution is -0.141.